The quantitative estimate of drug-likeness (QED) is 0.712. The summed E-state index contributed by atoms with van der Waals surface area (Å²) in [6.07, 6.45) is -1.87. The van der Waals surface area contributed by atoms with Crippen molar-refractivity contribution >= 4 is 5.97 Å². The van der Waals surface area contributed by atoms with Crippen molar-refractivity contribution < 1.29 is 33.2 Å². The zero-order valence-electron chi connectivity index (χ0n) is 13.9. The van der Waals surface area contributed by atoms with Crippen LogP contribution < -0.4 is 0 Å². The number of ether oxygens (including phenoxy) is 6. The molecule has 22 heavy (non-hydrogen) atoms. The molecule has 0 N–H and O–H groups in total. The van der Waals surface area contributed by atoms with E-state index in [0.717, 1.165) is 0 Å². The first-order valence-corrected chi connectivity index (χ1v) is 7.63. The van der Waals surface area contributed by atoms with Gasteiger partial charge in [-0.1, -0.05) is 0 Å². The van der Waals surface area contributed by atoms with Gasteiger partial charge in [0.25, 0.3) is 0 Å². The van der Waals surface area contributed by atoms with Crippen molar-refractivity contribution in [2.45, 2.75) is 83.3 Å². The van der Waals surface area contributed by atoms with Crippen LogP contribution in [0.1, 0.15) is 41.5 Å². The summed E-state index contributed by atoms with van der Waals surface area (Å²) in [5, 5.41) is 0. The molecule has 3 rings (SSSR count). The van der Waals surface area contributed by atoms with E-state index in [-0.39, 0.29) is 6.10 Å². The van der Waals surface area contributed by atoms with Gasteiger partial charge < -0.3 is 28.4 Å². The Balaban J connectivity index is 1.91. The summed E-state index contributed by atoms with van der Waals surface area (Å²) < 4.78 is 34.5. The highest BCUT2D eigenvalue weighted by Gasteiger charge is 2.72. The van der Waals surface area contributed by atoms with Gasteiger partial charge in [-0.15, -0.1) is 0 Å². The van der Waals surface area contributed by atoms with E-state index in [1.807, 2.05) is 13.8 Å². The lowest BCUT2D eigenvalue weighted by molar-refractivity contribution is -0.326. The summed E-state index contributed by atoms with van der Waals surface area (Å²) in [5.74, 6) is -3.92. The zero-order chi connectivity index (χ0) is 16.3. The molecule has 0 amide bonds. The van der Waals surface area contributed by atoms with E-state index in [0.29, 0.717) is 6.61 Å². The lowest BCUT2D eigenvalue weighted by atomic mass is 10.0. The van der Waals surface area contributed by atoms with Crippen LogP contribution in [0.3, 0.4) is 0 Å². The van der Waals surface area contributed by atoms with Gasteiger partial charge in [-0.05, 0) is 41.5 Å². The Kier molecular flexibility index (Phi) is 3.58. The molecule has 3 heterocycles. The molecule has 3 aliphatic rings. The topological polar surface area (TPSA) is 72.5 Å². The summed E-state index contributed by atoms with van der Waals surface area (Å²) in [7, 11) is 0. The van der Waals surface area contributed by atoms with E-state index >= 15 is 0 Å². The molecule has 4 atom stereocenters. The molecule has 0 aromatic rings. The van der Waals surface area contributed by atoms with Crippen molar-refractivity contribution in [3.05, 3.63) is 0 Å². The second-order valence-corrected chi connectivity index (χ2v) is 7.11. The average Bonchev–Trinajstić information content (AvgIpc) is 2.77. The zero-order valence-corrected chi connectivity index (χ0v) is 13.9. The second kappa shape index (κ2) is 4.88. The van der Waals surface area contributed by atoms with Crippen LogP contribution in [-0.2, 0) is 33.2 Å². The molecule has 0 bridgehead atoms. The summed E-state index contributed by atoms with van der Waals surface area (Å²) >= 11 is 0. The van der Waals surface area contributed by atoms with Crippen LogP contribution in [0.2, 0.25) is 0 Å². The van der Waals surface area contributed by atoms with E-state index in [1.165, 1.54) is 0 Å². The minimum atomic E-state index is -1.60. The van der Waals surface area contributed by atoms with Gasteiger partial charge >= 0.3 is 11.8 Å². The minimum Gasteiger partial charge on any atom is -0.459 e. The van der Waals surface area contributed by atoms with Crippen LogP contribution in [-0.4, -0.2) is 54.4 Å². The molecule has 7 heteroatoms. The molecule has 3 aliphatic heterocycles. The minimum absolute atomic E-state index is 0.283. The maximum absolute atomic E-state index is 12.6. The molecular weight excluding hydrogens is 292 g/mol. The first-order valence-electron chi connectivity index (χ1n) is 7.63. The highest BCUT2D eigenvalue weighted by atomic mass is 16.9. The summed E-state index contributed by atoms with van der Waals surface area (Å²) in [4.78, 5) is 12.6. The number of hydrogen-bond donors (Lipinski definition) is 0. The third-order valence-electron chi connectivity index (χ3n) is 3.82. The highest BCUT2D eigenvalue weighted by Crippen LogP contribution is 2.49. The Morgan fingerprint density at radius 2 is 1.77 bits per heavy atom. The van der Waals surface area contributed by atoms with Crippen molar-refractivity contribution in [2.24, 2.45) is 0 Å². The fourth-order valence-electron chi connectivity index (χ4n) is 3.11. The SMILES string of the molecule is CC(C)OC(=O)C12OC3COC(C)(C)OC3C1OC(C)(C)O2. The Morgan fingerprint density at radius 3 is 2.41 bits per heavy atom. The van der Waals surface area contributed by atoms with Crippen LogP contribution in [0.25, 0.3) is 0 Å². The molecule has 0 saturated carbocycles. The Bertz CT molecular complexity index is 473. The van der Waals surface area contributed by atoms with Gasteiger partial charge in [-0.3, -0.25) is 0 Å². The van der Waals surface area contributed by atoms with Crippen molar-refractivity contribution in [1.82, 2.24) is 0 Å². The fraction of sp³-hybridized carbons (Fsp3) is 0.933. The van der Waals surface area contributed by atoms with Crippen LogP contribution in [0, 0.1) is 0 Å². The number of carbonyl (C=O) groups excluding carboxylic acids is 1. The highest BCUT2D eigenvalue weighted by molar-refractivity contribution is 5.80. The maximum atomic E-state index is 12.6. The molecule has 0 aromatic carbocycles. The van der Waals surface area contributed by atoms with Crippen molar-refractivity contribution in [2.75, 3.05) is 6.61 Å². The normalized spacial score (nSPS) is 42.0. The smallest absolute Gasteiger partial charge is 0.370 e. The molecule has 4 unspecified atom stereocenters. The lowest BCUT2D eigenvalue weighted by Gasteiger charge is -2.38. The van der Waals surface area contributed by atoms with Crippen LogP contribution >= 0.6 is 0 Å². The first kappa shape index (κ1) is 16.1. The largest absolute Gasteiger partial charge is 0.459 e. The molecule has 0 radical (unpaired) electrons. The maximum Gasteiger partial charge on any atom is 0.370 e. The standard InChI is InChI=1S/C15H24O7/c1-8(2)18-12(16)15-11(21-14(5,6)22-15)10-9(19-15)7-17-13(3,4)20-10/h8-11H,7H2,1-6H3. The van der Waals surface area contributed by atoms with E-state index in [9.17, 15) is 4.79 Å². The Labute approximate surface area is 130 Å². The van der Waals surface area contributed by atoms with Crippen molar-refractivity contribution in [1.29, 1.82) is 0 Å². The summed E-state index contributed by atoms with van der Waals surface area (Å²) in [6, 6.07) is 0. The lowest BCUT2D eigenvalue weighted by Crippen LogP contribution is -2.52. The van der Waals surface area contributed by atoms with Gasteiger partial charge in [0.1, 0.15) is 12.2 Å². The second-order valence-electron chi connectivity index (χ2n) is 7.11. The molecular formula is C15H24O7. The van der Waals surface area contributed by atoms with Crippen molar-refractivity contribution in [3.63, 3.8) is 0 Å². The number of rotatable bonds is 2. The van der Waals surface area contributed by atoms with Gasteiger partial charge in [0.2, 0.25) is 0 Å². The number of carbonyl (C=O) groups is 1. The van der Waals surface area contributed by atoms with E-state index < -0.39 is 41.6 Å². The molecule has 0 aliphatic carbocycles. The van der Waals surface area contributed by atoms with E-state index in [1.54, 1.807) is 27.7 Å². The third-order valence-corrected chi connectivity index (χ3v) is 3.82. The monoisotopic (exact) mass is 316 g/mol. The summed E-state index contributed by atoms with van der Waals surface area (Å²) in [6.45, 7) is 11.0. The predicted octanol–water partition coefficient (Wildman–Crippen LogP) is 1.34. The Morgan fingerprint density at radius 1 is 1.09 bits per heavy atom. The first-order chi connectivity index (χ1) is 10.0. The summed E-state index contributed by atoms with van der Waals surface area (Å²) in [5.41, 5.74) is 0. The van der Waals surface area contributed by atoms with Gasteiger partial charge in [-0.2, -0.15) is 0 Å². The molecule has 126 valence electrons. The van der Waals surface area contributed by atoms with Gasteiger partial charge in [-0.25, -0.2) is 4.79 Å². The van der Waals surface area contributed by atoms with Crippen LogP contribution in [0.15, 0.2) is 0 Å². The predicted molar refractivity (Wildman–Crippen MR) is 73.8 cm³/mol. The van der Waals surface area contributed by atoms with E-state index in [2.05, 4.69) is 0 Å². The molecule has 0 aromatic heterocycles. The van der Waals surface area contributed by atoms with Gasteiger partial charge in [0.15, 0.2) is 17.7 Å². The fourth-order valence-corrected chi connectivity index (χ4v) is 3.11. The van der Waals surface area contributed by atoms with Gasteiger partial charge in [0.05, 0.1) is 12.7 Å². The average molecular weight is 316 g/mol. The van der Waals surface area contributed by atoms with Crippen LogP contribution in [0.4, 0.5) is 0 Å². The molecule has 0 spiro atoms. The number of esters is 1. The number of fused-ring (bicyclic) bond motifs is 3. The van der Waals surface area contributed by atoms with E-state index in [4.69, 9.17) is 28.4 Å². The third kappa shape index (κ3) is 2.55. The molecule has 3 saturated heterocycles. The van der Waals surface area contributed by atoms with Gasteiger partial charge in [0, 0.05) is 0 Å². The number of hydrogen-bond acceptors (Lipinski definition) is 7. The molecule has 3 fully saturated rings. The van der Waals surface area contributed by atoms with Crippen LogP contribution in [0.5, 0.6) is 0 Å². The van der Waals surface area contributed by atoms with Crippen molar-refractivity contribution in [3.8, 4) is 0 Å². The molecule has 7 nitrogen and oxygen atoms in total. The Hall–Kier alpha value is -0.730.